The minimum absolute atomic E-state index is 0.0818. The number of rotatable bonds is 72. The molecule has 2 unspecified atom stereocenters. The van der Waals surface area contributed by atoms with Crippen LogP contribution in [0.4, 0.5) is 0 Å². The highest BCUT2D eigenvalue weighted by Gasteiger charge is 2.30. The van der Waals surface area contributed by atoms with Crippen LogP contribution in [0.1, 0.15) is 349 Å². The standard InChI is InChI=1S/C76H140O17P2/c1-6-9-12-15-18-21-24-27-30-33-36-39-42-45-52-57-61-75(80)92-71(65-86-73(78)59-54-49-43-40-37-34-31-28-25-22-19-16-13-10-7-2)67-90-94(82,83)88-63-70(77)64-89-95(84,85)91-68-72(66-87-74(79)60-55-50-47-46-48-53-58-69(4)5)93-76(81)62-56-51-44-41-38-35-32-29-26-23-20-17-14-11-8-3/h22-23,25-26,28-29,31-32,69-72,77H,6-21,24,27,30,33-68H2,1-5H3,(H,82,83)(H,84,85)/b25-22-,26-23-,31-28-,32-29-/t70-,71-,72-/m1/s1. The van der Waals surface area contributed by atoms with Gasteiger partial charge in [0.25, 0.3) is 0 Å². The molecular weight excluding hydrogens is 1250 g/mol. The maximum absolute atomic E-state index is 13.1. The first kappa shape index (κ1) is 92.0. The zero-order chi connectivity index (χ0) is 69.8. The molecule has 0 radical (unpaired) electrons. The fourth-order valence-corrected chi connectivity index (χ4v) is 12.2. The molecule has 17 nitrogen and oxygen atoms in total. The first-order valence-electron chi connectivity index (χ1n) is 38.3. The number of unbranched alkanes of at least 4 members (excludes halogenated alkanes) is 38. The fourth-order valence-electron chi connectivity index (χ4n) is 10.6. The molecule has 5 atom stereocenters. The van der Waals surface area contributed by atoms with E-state index in [1.165, 1.54) is 135 Å². The van der Waals surface area contributed by atoms with Gasteiger partial charge in [-0.3, -0.25) is 37.3 Å². The van der Waals surface area contributed by atoms with Gasteiger partial charge in [0.05, 0.1) is 26.4 Å². The van der Waals surface area contributed by atoms with Gasteiger partial charge in [0, 0.05) is 25.7 Å². The van der Waals surface area contributed by atoms with Gasteiger partial charge in [-0.15, -0.1) is 0 Å². The smallest absolute Gasteiger partial charge is 0.462 e. The molecule has 0 aromatic carbocycles. The molecule has 3 N–H and O–H groups in total. The van der Waals surface area contributed by atoms with E-state index in [2.05, 4.69) is 83.2 Å². The number of carbonyl (C=O) groups excluding carboxylic acids is 4. The highest BCUT2D eigenvalue weighted by molar-refractivity contribution is 7.47. The van der Waals surface area contributed by atoms with E-state index in [1.54, 1.807) is 0 Å². The Bertz CT molecular complexity index is 2010. The molecule has 0 amide bonds. The summed E-state index contributed by atoms with van der Waals surface area (Å²) in [5.74, 6) is -1.50. The van der Waals surface area contributed by atoms with E-state index >= 15 is 0 Å². The molecule has 0 aromatic rings. The number of carbonyl (C=O) groups is 4. The van der Waals surface area contributed by atoms with Crippen molar-refractivity contribution >= 4 is 39.5 Å². The molecule has 0 fully saturated rings. The van der Waals surface area contributed by atoms with Crippen molar-refractivity contribution in [2.24, 2.45) is 5.92 Å². The van der Waals surface area contributed by atoms with Crippen LogP contribution >= 0.6 is 15.6 Å². The van der Waals surface area contributed by atoms with Crippen molar-refractivity contribution in [1.82, 2.24) is 0 Å². The van der Waals surface area contributed by atoms with E-state index in [9.17, 15) is 43.2 Å². The van der Waals surface area contributed by atoms with Crippen molar-refractivity contribution in [3.05, 3.63) is 48.6 Å². The molecule has 0 aliphatic carbocycles. The highest BCUT2D eigenvalue weighted by atomic mass is 31.2. The average Bonchev–Trinajstić information content (AvgIpc) is 2.63. The summed E-state index contributed by atoms with van der Waals surface area (Å²) in [7, 11) is -9.93. The summed E-state index contributed by atoms with van der Waals surface area (Å²) in [6.45, 7) is 7.07. The molecule has 0 saturated heterocycles. The molecule has 0 saturated carbocycles. The zero-order valence-corrected chi connectivity index (χ0v) is 62.6. The van der Waals surface area contributed by atoms with Crippen molar-refractivity contribution in [2.45, 2.75) is 368 Å². The van der Waals surface area contributed by atoms with Crippen LogP contribution in [0, 0.1) is 5.92 Å². The molecule has 0 heterocycles. The Balaban J connectivity index is 5.31. The Kier molecular flexibility index (Phi) is 66.0. The van der Waals surface area contributed by atoms with Crippen LogP contribution in [-0.4, -0.2) is 96.7 Å². The number of ether oxygens (including phenoxy) is 4. The van der Waals surface area contributed by atoms with Crippen LogP contribution in [-0.2, 0) is 65.4 Å². The third kappa shape index (κ3) is 69.3. The van der Waals surface area contributed by atoms with Crippen molar-refractivity contribution in [2.75, 3.05) is 39.6 Å². The summed E-state index contributed by atoms with van der Waals surface area (Å²) in [4.78, 5) is 72.7. The van der Waals surface area contributed by atoms with Crippen LogP contribution in [0.5, 0.6) is 0 Å². The Morgan fingerprint density at radius 3 is 0.863 bits per heavy atom. The predicted molar refractivity (Wildman–Crippen MR) is 386 cm³/mol. The number of esters is 4. The molecule has 0 spiro atoms. The topological polar surface area (TPSA) is 237 Å². The lowest BCUT2D eigenvalue weighted by Gasteiger charge is -2.21. The molecule has 0 aliphatic heterocycles. The van der Waals surface area contributed by atoms with Crippen LogP contribution in [0.15, 0.2) is 48.6 Å². The molecular formula is C76H140O17P2. The van der Waals surface area contributed by atoms with Gasteiger partial charge in [-0.2, -0.15) is 0 Å². The van der Waals surface area contributed by atoms with E-state index in [0.717, 1.165) is 128 Å². The number of hydrogen-bond acceptors (Lipinski definition) is 15. The summed E-state index contributed by atoms with van der Waals surface area (Å²) in [5, 5.41) is 10.6. The molecule has 19 heteroatoms. The molecule has 556 valence electrons. The lowest BCUT2D eigenvalue weighted by Crippen LogP contribution is -2.30. The van der Waals surface area contributed by atoms with Crippen LogP contribution in [0.3, 0.4) is 0 Å². The lowest BCUT2D eigenvalue weighted by molar-refractivity contribution is -0.161. The molecule has 0 aliphatic rings. The summed E-state index contributed by atoms with van der Waals surface area (Å²) in [5.41, 5.74) is 0. The van der Waals surface area contributed by atoms with Gasteiger partial charge in [0.1, 0.15) is 19.3 Å². The Morgan fingerprint density at radius 2 is 0.568 bits per heavy atom. The van der Waals surface area contributed by atoms with Crippen LogP contribution in [0.25, 0.3) is 0 Å². The van der Waals surface area contributed by atoms with Gasteiger partial charge in [0.15, 0.2) is 12.2 Å². The maximum Gasteiger partial charge on any atom is 0.472 e. The van der Waals surface area contributed by atoms with Gasteiger partial charge in [-0.25, -0.2) is 9.13 Å². The van der Waals surface area contributed by atoms with Gasteiger partial charge in [-0.05, 0) is 83.0 Å². The van der Waals surface area contributed by atoms with Crippen molar-refractivity contribution in [1.29, 1.82) is 0 Å². The minimum Gasteiger partial charge on any atom is -0.462 e. The Hall–Kier alpha value is -2.98. The molecule has 0 bridgehead atoms. The third-order valence-electron chi connectivity index (χ3n) is 16.5. The molecule has 0 aromatic heterocycles. The normalized spacial score (nSPS) is 14.3. The van der Waals surface area contributed by atoms with Gasteiger partial charge in [-0.1, -0.05) is 295 Å². The highest BCUT2D eigenvalue weighted by Crippen LogP contribution is 2.45. The average molecular weight is 1390 g/mol. The summed E-state index contributed by atoms with van der Waals surface area (Å²) < 4.78 is 68.4. The number of phosphoric ester groups is 2. The first-order valence-corrected chi connectivity index (χ1v) is 41.3. The van der Waals surface area contributed by atoms with Crippen LogP contribution < -0.4 is 0 Å². The van der Waals surface area contributed by atoms with Crippen molar-refractivity contribution in [3.8, 4) is 0 Å². The monoisotopic (exact) mass is 1390 g/mol. The Labute approximate surface area is 578 Å². The summed E-state index contributed by atoms with van der Waals surface area (Å²) in [6.07, 6.45) is 62.8. The van der Waals surface area contributed by atoms with E-state index in [-0.39, 0.29) is 25.7 Å². The predicted octanol–water partition coefficient (Wildman–Crippen LogP) is 21.6. The fraction of sp³-hybridized carbons (Fsp3) is 0.842. The van der Waals surface area contributed by atoms with Crippen molar-refractivity contribution < 1.29 is 80.2 Å². The second-order valence-corrected chi connectivity index (χ2v) is 29.4. The summed E-state index contributed by atoms with van der Waals surface area (Å²) >= 11 is 0. The van der Waals surface area contributed by atoms with Gasteiger partial charge >= 0.3 is 39.5 Å². The van der Waals surface area contributed by atoms with Gasteiger partial charge in [0.2, 0.25) is 0 Å². The quantitative estimate of drug-likeness (QED) is 0.0169. The number of hydrogen-bond donors (Lipinski definition) is 3. The van der Waals surface area contributed by atoms with E-state index in [1.807, 2.05) is 0 Å². The second kappa shape index (κ2) is 68.2. The zero-order valence-electron chi connectivity index (χ0n) is 60.8. The first-order chi connectivity index (χ1) is 46.0. The maximum atomic E-state index is 13.1. The largest absolute Gasteiger partial charge is 0.472 e. The van der Waals surface area contributed by atoms with E-state index in [0.29, 0.717) is 31.6 Å². The second-order valence-electron chi connectivity index (χ2n) is 26.5. The van der Waals surface area contributed by atoms with Crippen molar-refractivity contribution in [3.63, 3.8) is 0 Å². The van der Waals surface area contributed by atoms with E-state index < -0.39 is 97.5 Å². The molecule has 95 heavy (non-hydrogen) atoms. The van der Waals surface area contributed by atoms with Crippen LogP contribution in [0.2, 0.25) is 0 Å². The summed E-state index contributed by atoms with van der Waals surface area (Å²) in [6, 6.07) is 0. The molecule has 0 rings (SSSR count). The minimum atomic E-state index is -4.97. The number of aliphatic hydroxyl groups excluding tert-OH is 1. The Morgan fingerprint density at radius 1 is 0.326 bits per heavy atom. The SMILES string of the molecule is CCCCCC/C=C\C=C/CCCCCCCC(=O)OC[C@H](COP(=O)(O)OC[C@@H](O)COP(=O)(O)OC[C@@H](COC(=O)CCCCCCCCC(C)C)OC(=O)CCCCCCC/C=C\C=C/CCCCCC)OC(=O)CCCCCCCCCCCCCCCCCC. The van der Waals surface area contributed by atoms with E-state index in [4.69, 9.17) is 37.0 Å². The lowest BCUT2D eigenvalue weighted by atomic mass is 10.0. The third-order valence-corrected chi connectivity index (χ3v) is 18.4. The van der Waals surface area contributed by atoms with Gasteiger partial charge < -0.3 is 33.8 Å². The number of allylic oxidation sites excluding steroid dienone is 8. The number of aliphatic hydroxyl groups is 1. The number of phosphoric acid groups is 2.